The van der Waals surface area contributed by atoms with Crippen molar-refractivity contribution in [3.05, 3.63) is 192 Å². The predicted molar refractivity (Wildman–Crippen MR) is 208 cm³/mol. The Labute approximate surface area is 307 Å². The van der Waals surface area contributed by atoms with Gasteiger partial charge in [-0.2, -0.15) is 5.10 Å². The van der Waals surface area contributed by atoms with Crippen LogP contribution in [0.5, 0.6) is 0 Å². The predicted octanol–water partition coefficient (Wildman–Crippen LogP) is 8.90. The Bertz CT molecular complexity index is 2660. The molecule has 0 N–H and O–H groups in total. The van der Waals surface area contributed by atoms with Gasteiger partial charge in [0.15, 0.2) is 15.6 Å². The zero-order valence-electron chi connectivity index (χ0n) is 28.9. The van der Waals surface area contributed by atoms with Crippen LogP contribution in [0.4, 0.5) is 0 Å². The second-order valence-corrected chi connectivity index (χ2v) is 15.5. The fraction of sp³-hybridized carbons (Fsp3) is 0.0889. The van der Waals surface area contributed by atoms with E-state index in [0.717, 1.165) is 67.8 Å². The van der Waals surface area contributed by atoms with Gasteiger partial charge in [0, 0.05) is 52.9 Å². The first kappa shape index (κ1) is 32.5. The first-order chi connectivity index (χ1) is 25.8. The summed E-state index contributed by atoms with van der Waals surface area (Å²) in [6.45, 7) is 0. The molecule has 3 heterocycles. The highest BCUT2D eigenvalue weighted by atomic mass is 32.2. The minimum absolute atomic E-state index is 0.193. The molecule has 0 bridgehead atoms. The van der Waals surface area contributed by atoms with E-state index >= 15 is 0 Å². The third kappa shape index (κ3) is 5.50. The van der Waals surface area contributed by atoms with Crippen LogP contribution in [0, 0.1) is 0 Å². The summed E-state index contributed by atoms with van der Waals surface area (Å²) in [6, 6.07) is 48.2. The smallest absolute Gasteiger partial charge is 0.175 e. The minimum Gasteiger partial charge on any atom is -0.299 e. The van der Waals surface area contributed by atoms with Crippen LogP contribution in [0.2, 0.25) is 0 Å². The van der Waals surface area contributed by atoms with Crippen molar-refractivity contribution < 1.29 is 13.2 Å². The van der Waals surface area contributed by atoms with Gasteiger partial charge in [0.25, 0.3) is 0 Å². The normalized spacial score (nSPS) is 13.0. The average molecular weight is 711 g/mol. The highest BCUT2D eigenvalue weighted by Crippen LogP contribution is 2.43. The van der Waals surface area contributed by atoms with Crippen LogP contribution in [0.1, 0.15) is 39.0 Å². The van der Waals surface area contributed by atoms with Gasteiger partial charge < -0.3 is 0 Å². The number of nitrogens with zero attached hydrogens (tertiary/aromatic N) is 4. The van der Waals surface area contributed by atoms with Gasteiger partial charge in [-0.1, -0.05) is 115 Å². The molecular formula is C45H34N4O3S. The van der Waals surface area contributed by atoms with Gasteiger partial charge in [-0.25, -0.2) is 13.4 Å². The van der Waals surface area contributed by atoms with Crippen molar-refractivity contribution in [3.8, 4) is 33.6 Å². The number of aromatic nitrogens is 4. The Morgan fingerprint density at radius 3 is 1.81 bits per heavy atom. The number of carbonyl (C=O) groups is 1. The summed E-state index contributed by atoms with van der Waals surface area (Å²) >= 11 is 0. The standard InChI is InChI=1S/C45H34N4O3S/c1-53(51,52)38-22-17-31(18-23-38)44-40(34-21-26-43-46-28-41(48(43)29-34)33-19-24-39-32(27-33)20-25-42(39)50)30-49(47-44)45(35-11-5-2-6-12-35,36-13-7-3-8-14-36)37-15-9-4-10-16-37/h2-19,21-24,26-30H,20,25H2,1H3. The van der Waals surface area contributed by atoms with Crippen molar-refractivity contribution in [2.24, 2.45) is 0 Å². The summed E-state index contributed by atoms with van der Waals surface area (Å²) in [6.07, 6.45) is 8.57. The molecular weight excluding hydrogens is 677 g/mol. The first-order valence-corrected chi connectivity index (χ1v) is 19.4. The summed E-state index contributed by atoms with van der Waals surface area (Å²) < 4.78 is 29.1. The van der Waals surface area contributed by atoms with Crippen molar-refractivity contribution in [1.29, 1.82) is 0 Å². The zero-order valence-corrected chi connectivity index (χ0v) is 29.7. The molecule has 0 atom stereocenters. The van der Waals surface area contributed by atoms with Crippen LogP contribution in [0.25, 0.3) is 39.3 Å². The molecule has 0 saturated heterocycles. The van der Waals surface area contributed by atoms with Gasteiger partial charge in [0.2, 0.25) is 0 Å². The molecule has 0 unspecified atom stereocenters. The van der Waals surface area contributed by atoms with E-state index in [2.05, 4.69) is 106 Å². The largest absolute Gasteiger partial charge is 0.299 e. The number of sulfone groups is 1. The van der Waals surface area contributed by atoms with Crippen LogP contribution in [0.3, 0.4) is 0 Å². The number of pyridine rings is 1. The maximum absolute atomic E-state index is 12.5. The fourth-order valence-electron chi connectivity index (χ4n) is 7.73. The van der Waals surface area contributed by atoms with Crippen LogP contribution in [-0.4, -0.2) is 39.6 Å². The maximum Gasteiger partial charge on any atom is 0.175 e. The molecule has 0 fully saturated rings. The van der Waals surface area contributed by atoms with E-state index in [1.807, 2.05) is 54.7 Å². The molecule has 53 heavy (non-hydrogen) atoms. The molecule has 9 rings (SSSR count). The van der Waals surface area contributed by atoms with E-state index < -0.39 is 15.4 Å². The van der Waals surface area contributed by atoms with Crippen LogP contribution in [0.15, 0.2) is 169 Å². The van der Waals surface area contributed by atoms with E-state index in [1.54, 1.807) is 12.1 Å². The third-order valence-corrected chi connectivity index (χ3v) is 11.5. The number of fused-ring (bicyclic) bond motifs is 2. The summed E-state index contributed by atoms with van der Waals surface area (Å²) in [5.41, 5.74) is 10.1. The number of imidazole rings is 1. The lowest BCUT2D eigenvalue weighted by Gasteiger charge is -2.36. The van der Waals surface area contributed by atoms with Gasteiger partial charge in [-0.15, -0.1) is 0 Å². The Morgan fingerprint density at radius 1 is 0.623 bits per heavy atom. The molecule has 0 saturated carbocycles. The van der Waals surface area contributed by atoms with Gasteiger partial charge in [-0.3, -0.25) is 13.9 Å². The highest BCUT2D eigenvalue weighted by Gasteiger charge is 2.40. The van der Waals surface area contributed by atoms with Gasteiger partial charge in [0.05, 0.1) is 16.8 Å². The summed E-state index contributed by atoms with van der Waals surface area (Å²) in [5.74, 6) is 0.193. The molecule has 0 amide bonds. The quantitative estimate of drug-likeness (QED) is 0.147. The Hall–Kier alpha value is -6.38. The molecule has 1 aliphatic carbocycles. The Kier molecular flexibility index (Phi) is 7.78. The van der Waals surface area contributed by atoms with Gasteiger partial charge in [-0.05, 0) is 59.0 Å². The van der Waals surface area contributed by atoms with Crippen LogP contribution < -0.4 is 0 Å². The Morgan fingerprint density at radius 2 is 1.21 bits per heavy atom. The van der Waals surface area contributed by atoms with E-state index in [0.29, 0.717) is 12.1 Å². The maximum atomic E-state index is 12.5. The van der Waals surface area contributed by atoms with E-state index in [9.17, 15) is 13.2 Å². The van der Waals surface area contributed by atoms with Gasteiger partial charge in [0.1, 0.15) is 16.9 Å². The second-order valence-electron chi connectivity index (χ2n) is 13.5. The molecule has 3 aromatic heterocycles. The summed E-state index contributed by atoms with van der Waals surface area (Å²) in [7, 11) is -3.40. The first-order valence-electron chi connectivity index (χ1n) is 17.5. The molecule has 1 aliphatic rings. The fourth-order valence-corrected chi connectivity index (χ4v) is 8.36. The number of carbonyl (C=O) groups excluding carboxylic acids is 1. The molecule has 8 aromatic rings. The molecule has 5 aromatic carbocycles. The lowest BCUT2D eigenvalue weighted by molar-refractivity contribution is 0.0994. The van der Waals surface area contributed by atoms with Crippen molar-refractivity contribution in [2.75, 3.05) is 6.26 Å². The lowest BCUT2D eigenvalue weighted by Crippen LogP contribution is -2.38. The van der Waals surface area contributed by atoms with Crippen molar-refractivity contribution in [3.63, 3.8) is 0 Å². The van der Waals surface area contributed by atoms with Gasteiger partial charge >= 0.3 is 0 Å². The molecule has 0 spiro atoms. The monoisotopic (exact) mass is 710 g/mol. The molecule has 258 valence electrons. The number of hydrogen-bond acceptors (Lipinski definition) is 5. The summed E-state index contributed by atoms with van der Waals surface area (Å²) in [4.78, 5) is 17.4. The second kappa shape index (κ2) is 12.7. The lowest BCUT2D eigenvalue weighted by atomic mass is 9.77. The number of Topliss-reactive ketones (excluding diaryl/α,β-unsaturated/α-hetero) is 1. The van der Waals surface area contributed by atoms with Crippen molar-refractivity contribution in [1.82, 2.24) is 19.2 Å². The average Bonchev–Trinajstić information content (AvgIpc) is 3.93. The van der Waals surface area contributed by atoms with Crippen LogP contribution in [-0.2, 0) is 21.8 Å². The number of ketones is 1. The number of aryl methyl sites for hydroxylation is 1. The van der Waals surface area contributed by atoms with E-state index in [1.165, 1.54) is 6.26 Å². The zero-order chi connectivity index (χ0) is 36.2. The SMILES string of the molecule is CS(=O)(=O)c1ccc(-c2nn(C(c3ccccc3)(c3ccccc3)c3ccccc3)cc2-c2ccc3ncc(-c4ccc5c(c4)CCC5=O)n3c2)cc1. The third-order valence-electron chi connectivity index (χ3n) is 10.3. The van der Waals surface area contributed by atoms with E-state index in [-0.39, 0.29) is 10.7 Å². The molecule has 0 radical (unpaired) electrons. The highest BCUT2D eigenvalue weighted by molar-refractivity contribution is 7.90. The van der Waals surface area contributed by atoms with Crippen LogP contribution >= 0.6 is 0 Å². The number of benzene rings is 5. The Balaban J connectivity index is 1.30. The van der Waals surface area contributed by atoms with Crippen molar-refractivity contribution in [2.45, 2.75) is 23.3 Å². The number of rotatable bonds is 8. The minimum atomic E-state index is -3.40. The molecule has 0 aliphatic heterocycles. The molecule has 8 heteroatoms. The topological polar surface area (TPSA) is 86.3 Å². The van der Waals surface area contributed by atoms with E-state index in [4.69, 9.17) is 10.1 Å². The summed E-state index contributed by atoms with van der Waals surface area (Å²) in [5, 5.41) is 5.46. The molecule has 7 nitrogen and oxygen atoms in total. The van der Waals surface area contributed by atoms with Crippen molar-refractivity contribution >= 4 is 21.3 Å². The number of hydrogen-bond donors (Lipinski definition) is 0.